The van der Waals surface area contributed by atoms with E-state index in [0.29, 0.717) is 15.4 Å². The van der Waals surface area contributed by atoms with E-state index in [1.165, 1.54) is 6.07 Å². The maximum Gasteiger partial charge on any atom is 0.419 e. The Morgan fingerprint density at radius 2 is 2.17 bits per heavy atom. The summed E-state index contributed by atoms with van der Waals surface area (Å²) in [4.78, 5) is 12.1. The molecule has 0 atom stereocenters. The van der Waals surface area contributed by atoms with Crippen molar-refractivity contribution in [2.24, 2.45) is 0 Å². The molecule has 0 aliphatic rings. The number of hydrogen-bond donors (Lipinski definition) is 0. The quantitative estimate of drug-likeness (QED) is 0.812. The highest BCUT2D eigenvalue weighted by atomic mass is 35.5. The third-order valence-corrected chi connectivity index (χ3v) is 3.39. The van der Waals surface area contributed by atoms with E-state index in [1.807, 2.05) is 0 Å². The monoisotopic (exact) mass is 294 g/mol. The van der Waals surface area contributed by atoms with Gasteiger partial charge < -0.3 is 0 Å². The van der Waals surface area contributed by atoms with Gasteiger partial charge in [-0.05, 0) is 12.1 Å². The van der Waals surface area contributed by atoms with Gasteiger partial charge in [-0.2, -0.15) is 18.3 Å². The highest BCUT2D eigenvalue weighted by Crippen LogP contribution is 2.28. The second-order valence-corrected chi connectivity index (χ2v) is 5.17. The fourth-order valence-electron chi connectivity index (χ4n) is 1.29. The van der Waals surface area contributed by atoms with E-state index in [-0.39, 0.29) is 12.3 Å². The third kappa shape index (κ3) is 2.91. The smallest absolute Gasteiger partial charge is 0.291 e. The number of alkyl halides is 3. The normalized spacial score (nSPS) is 11.8. The van der Waals surface area contributed by atoms with Crippen molar-refractivity contribution in [1.82, 2.24) is 9.78 Å². The van der Waals surface area contributed by atoms with E-state index in [0.717, 1.165) is 22.2 Å². The van der Waals surface area contributed by atoms with Gasteiger partial charge in [-0.25, -0.2) is 0 Å². The van der Waals surface area contributed by atoms with Gasteiger partial charge in [-0.1, -0.05) is 11.6 Å². The zero-order valence-electron chi connectivity index (χ0n) is 8.74. The molecule has 2 heterocycles. The number of ketones is 1. The van der Waals surface area contributed by atoms with Crippen molar-refractivity contribution in [3.63, 3.8) is 0 Å². The molecule has 96 valence electrons. The molecule has 18 heavy (non-hydrogen) atoms. The van der Waals surface area contributed by atoms with Crippen LogP contribution in [0.4, 0.5) is 13.2 Å². The second-order valence-electron chi connectivity index (χ2n) is 3.45. The van der Waals surface area contributed by atoms with Crippen molar-refractivity contribution in [3.05, 3.63) is 39.3 Å². The Kier molecular flexibility index (Phi) is 3.45. The van der Waals surface area contributed by atoms with Crippen molar-refractivity contribution in [2.45, 2.75) is 12.7 Å². The summed E-state index contributed by atoms with van der Waals surface area (Å²) in [7, 11) is 0. The summed E-state index contributed by atoms with van der Waals surface area (Å²) in [5.74, 6) is -0.330. The van der Waals surface area contributed by atoms with E-state index in [9.17, 15) is 18.0 Å². The number of rotatable bonds is 3. The summed E-state index contributed by atoms with van der Waals surface area (Å²) >= 11 is 6.75. The fraction of sp³-hybridized carbons (Fsp3) is 0.200. The highest BCUT2D eigenvalue weighted by Gasteiger charge is 2.32. The predicted molar refractivity (Wildman–Crippen MR) is 60.9 cm³/mol. The number of nitrogens with zero attached hydrogens (tertiary/aromatic N) is 2. The summed E-state index contributed by atoms with van der Waals surface area (Å²) < 4.78 is 38.3. The van der Waals surface area contributed by atoms with Crippen molar-refractivity contribution in [2.75, 3.05) is 0 Å². The van der Waals surface area contributed by atoms with Gasteiger partial charge in [0.2, 0.25) is 0 Å². The van der Waals surface area contributed by atoms with Crippen LogP contribution in [0.1, 0.15) is 15.2 Å². The van der Waals surface area contributed by atoms with Gasteiger partial charge in [0.05, 0.1) is 21.0 Å². The Hall–Kier alpha value is -1.34. The maximum absolute atomic E-state index is 12.3. The Morgan fingerprint density at radius 3 is 2.67 bits per heavy atom. The van der Waals surface area contributed by atoms with Crippen LogP contribution in [0.3, 0.4) is 0 Å². The molecule has 2 rings (SSSR count). The maximum atomic E-state index is 12.3. The molecule has 2 aromatic rings. The topological polar surface area (TPSA) is 34.9 Å². The first-order chi connectivity index (χ1) is 8.36. The zero-order chi connectivity index (χ0) is 13.3. The van der Waals surface area contributed by atoms with Gasteiger partial charge in [-0.15, -0.1) is 11.3 Å². The molecule has 0 saturated heterocycles. The third-order valence-electron chi connectivity index (χ3n) is 2.11. The summed E-state index contributed by atoms with van der Waals surface area (Å²) in [5, 5.41) is 3.50. The first-order valence-electron chi connectivity index (χ1n) is 4.74. The van der Waals surface area contributed by atoms with Crippen LogP contribution in [0.15, 0.2) is 24.5 Å². The van der Waals surface area contributed by atoms with E-state index in [4.69, 9.17) is 11.6 Å². The molecule has 0 unspecified atom stereocenters. The standard InChI is InChI=1S/C10H6ClF3N2OS/c11-9-2-1-8(18-9)7(17)5-16-4-6(3-15-16)10(12,13)14/h1-4H,5H2. The van der Waals surface area contributed by atoms with Crippen molar-refractivity contribution in [1.29, 1.82) is 0 Å². The van der Waals surface area contributed by atoms with E-state index >= 15 is 0 Å². The van der Waals surface area contributed by atoms with Gasteiger partial charge in [0.25, 0.3) is 0 Å². The molecule has 0 aliphatic heterocycles. The Labute approximate surface area is 109 Å². The number of thiophene rings is 1. The average Bonchev–Trinajstić information content (AvgIpc) is 2.85. The average molecular weight is 295 g/mol. The minimum atomic E-state index is -4.45. The van der Waals surface area contributed by atoms with Crippen LogP contribution >= 0.6 is 22.9 Å². The molecular weight excluding hydrogens is 289 g/mol. The molecule has 0 fully saturated rings. The van der Waals surface area contributed by atoms with Gasteiger partial charge in [0.15, 0.2) is 5.78 Å². The Bertz CT molecular complexity index is 576. The lowest BCUT2D eigenvalue weighted by Gasteiger charge is -2.01. The van der Waals surface area contributed by atoms with Crippen LogP contribution in [-0.4, -0.2) is 15.6 Å². The molecule has 0 spiro atoms. The summed E-state index contributed by atoms with van der Waals surface area (Å²) in [5.41, 5.74) is -0.875. The van der Waals surface area contributed by atoms with Crippen LogP contribution in [0, 0.1) is 0 Å². The first kappa shape index (κ1) is 13.1. The van der Waals surface area contributed by atoms with E-state index in [2.05, 4.69) is 5.10 Å². The number of Topliss-reactive ketones (excluding diaryl/α,β-unsaturated/α-hetero) is 1. The van der Waals surface area contributed by atoms with Gasteiger partial charge in [0, 0.05) is 6.20 Å². The molecular formula is C10H6ClF3N2OS. The molecule has 2 aromatic heterocycles. The van der Waals surface area contributed by atoms with Crippen LogP contribution in [0.5, 0.6) is 0 Å². The molecule has 0 radical (unpaired) electrons. The lowest BCUT2D eigenvalue weighted by Crippen LogP contribution is -2.10. The molecule has 0 aromatic carbocycles. The molecule has 8 heteroatoms. The minimum absolute atomic E-state index is 0.243. The van der Waals surface area contributed by atoms with E-state index in [1.54, 1.807) is 6.07 Å². The lowest BCUT2D eigenvalue weighted by atomic mass is 10.3. The van der Waals surface area contributed by atoms with Crippen LogP contribution in [0.2, 0.25) is 4.34 Å². The highest BCUT2D eigenvalue weighted by molar-refractivity contribution is 7.18. The number of aromatic nitrogens is 2. The number of carbonyl (C=O) groups excluding carboxylic acids is 1. The van der Waals surface area contributed by atoms with Crippen LogP contribution in [0.25, 0.3) is 0 Å². The van der Waals surface area contributed by atoms with Gasteiger partial charge >= 0.3 is 6.18 Å². The number of halogens is 4. The molecule has 0 bridgehead atoms. The molecule has 0 amide bonds. The molecule has 0 saturated carbocycles. The summed E-state index contributed by atoms with van der Waals surface area (Å²) in [6.45, 7) is -0.243. The number of hydrogen-bond acceptors (Lipinski definition) is 3. The molecule has 0 N–H and O–H groups in total. The molecule has 3 nitrogen and oxygen atoms in total. The van der Waals surface area contributed by atoms with E-state index < -0.39 is 11.7 Å². The van der Waals surface area contributed by atoms with Gasteiger partial charge in [-0.3, -0.25) is 9.48 Å². The van der Waals surface area contributed by atoms with Gasteiger partial charge in [0.1, 0.15) is 6.54 Å². The minimum Gasteiger partial charge on any atom is -0.291 e. The lowest BCUT2D eigenvalue weighted by molar-refractivity contribution is -0.137. The Balaban J connectivity index is 2.10. The number of carbonyl (C=O) groups is 1. The fourth-order valence-corrected chi connectivity index (χ4v) is 2.26. The second kappa shape index (κ2) is 4.74. The van der Waals surface area contributed by atoms with Crippen molar-refractivity contribution >= 4 is 28.7 Å². The first-order valence-corrected chi connectivity index (χ1v) is 5.94. The SMILES string of the molecule is O=C(Cn1cc(C(F)(F)F)cn1)c1ccc(Cl)s1. The largest absolute Gasteiger partial charge is 0.419 e. The van der Waals surface area contributed by atoms with Crippen LogP contribution < -0.4 is 0 Å². The molecule has 0 aliphatic carbocycles. The zero-order valence-corrected chi connectivity index (χ0v) is 10.3. The predicted octanol–water partition coefficient (Wildman–Crippen LogP) is 3.50. The van der Waals surface area contributed by atoms with Crippen molar-refractivity contribution in [3.8, 4) is 0 Å². The summed E-state index contributed by atoms with van der Waals surface area (Å²) in [6.07, 6.45) is -2.96. The summed E-state index contributed by atoms with van der Waals surface area (Å²) in [6, 6.07) is 3.09. The van der Waals surface area contributed by atoms with Crippen LogP contribution in [-0.2, 0) is 12.7 Å². The Morgan fingerprint density at radius 1 is 1.44 bits per heavy atom. The van der Waals surface area contributed by atoms with Crippen molar-refractivity contribution < 1.29 is 18.0 Å².